The summed E-state index contributed by atoms with van der Waals surface area (Å²) in [6, 6.07) is 1.55. The van der Waals surface area contributed by atoms with Gasteiger partial charge in [0.1, 0.15) is 16.5 Å². The maximum absolute atomic E-state index is 13.7. The molecule has 0 aliphatic rings. The number of aryl methyl sites for hydroxylation is 1. The monoisotopic (exact) mass is 321 g/mol. The smallest absolute Gasteiger partial charge is 0.243 e. The Morgan fingerprint density at radius 2 is 1.86 bits per heavy atom. The van der Waals surface area contributed by atoms with Crippen LogP contribution in [0.5, 0.6) is 0 Å². The first-order valence-electron chi connectivity index (χ1n) is 6.65. The molecule has 120 valence electrons. The van der Waals surface area contributed by atoms with Crippen LogP contribution in [0.25, 0.3) is 0 Å². The van der Waals surface area contributed by atoms with Crippen LogP contribution in [0.15, 0.2) is 17.0 Å². The van der Waals surface area contributed by atoms with Gasteiger partial charge in [-0.2, -0.15) is 0 Å². The van der Waals surface area contributed by atoms with Crippen LogP contribution >= 0.6 is 0 Å². The SMILES string of the molecule is Cc1cc(F)c(S(=O)(=O)NCCCC(C)(C)CO)cc1F. The zero-order chi connectivity index (χ0) is 16.3. The predicted octanol–water partition coefficient (Wildman–Crippen LogP) is 2.35. The van der Waals surface area contributed by atoms with Crippen molar-refractivity contribution in [1.82, 2.24) is 4.72 Å². The average Bonchev–Trinajstić information content (AvgIpc) is 2.39. The Balaban J connectivity index is 2.73. The summed E-state index contributed by atoms with van der Waals surface area (Å²) < 4.78 is 53.2. The minimum Gasteiger partial charge on any atom is -0.396 e. The van der Waals surface area contributed by atoms with Crippen LogP contribution in [0, 0.1) is 24.0 Å². The molecule has 0 spiro atoms. The third-order valence-electron chi connectivity index (χ3n) is 3.25. The second kappa shape index (κ2) is 6.81. The summed E-state index contributed by atoms with van der Waals surface area (Å²) in [5, 5.41) is 9.09. The molecule has 1 rings (SSSR count). The number of rotatable bonds is 7. The van der Waals surface area contributed by atoms with E-state index < -0.39 is 26.6 Å². The number of hydrogen-bond acceptors (Lipinski definition) is 3. The molecule has 0 radical (unpaired) electrons. The number of hydrogen-bond donors (Lipinski definition) is 2. The maximum Gasteiger partial charge on any atom is 0.243 e. The van der Waals surface area contributed by atoms with Gasteiger partial charge in [-0.05, 0) is 42.9 Å². The molecular weight excluding hydrogens is 300 g/mol. The highest BCUT2D eigenvalue weighted by Gasteiger charge is 2.21. The van der Waals surface area contributed by atoms with E-state index in [9.17, 15) is 17.2 Å². The Bertz CT molecular complexity index is 600. The van der Waals surface area contributed by atoms with Gasteiger partial charge in [-0.15, -0.1) is 0 Å². The van der Waals surface area contributed by atoms with Gasteiger partial charge in [0.15, 0.2) is 0 Å². The fraction of sp³-hybridized carbons (Fsp3) is 0.571. The van der Waals surface area contributed by atoms with E-state index in [-0.39, 0.29) is 24.1 Å². The van der Waals surface area contributed by atoms with Crippen LogP contribution < -0.4 is 4.72 Å². The second-order valence-corrected chi connectivity index (χ2v) is 7.59. The topological polar surface area (TPSA) is 66.4 Å². The van der Waals surface area contributed by atoms with Gasteiger partial charge in [0, 0.05) is 13.2 Å². The van der Waals surface area contributed by atoms with Gasteiger partial charge in [0.05, 0.1) is 0 Å². The standard InChI is InChI=1S/C14H21F2NO3S/c1-10-7-12(16)13(8-11(10)15)21(19,20)17-6-4-5-14(2,3)9-18/h7-8,17-18H,4-6,9H2,1-3H3. The number of halogens is 2. The normalized spacial score (nSPS) is 12.7. The highest BCUT2D eigenvalue weighted by Crippen LogP contribution is 2.21. The summed E-state index contributed by atoms with van der Waals surface area (Å²) in [4.78, 5) is -0.688. The van der Waals surface area contributed by atoms with Gasteiger partial charge >= 0.3 is 0 Å². The van der Waals surface area contributed by atoms with Crippen molar-refractivity contribution in [3.05, 3.63) is 29.3 Å². The summed E-state index contributed by atoms with van der Waals surface area (Å²) in [7, 11) is -4.08. The van der Waals surface area contributed by atoms with E-state index in [1.54, 1.807) is 0 Å². The van der Waals surface area contributed by atoms with Crippen LogP contribution in [0.4, 0.5) is 8.78 Å². The summed E-state index contributed by atoms with van der Waals surface area (Å²) in [5.41, 5.74) is -0.247. The van der Waals surface area contributed by atoms with Crippen LogP contribution in [-0.2, 0) is 10.0 Å². The molecule has 0 heterocycles. The Morgan fingerprint density at radius 1 is 1.24 bits per heavy atom. The molecule has 0 bridgehead atoms. The second-order valence-electron chi connectivity index (χ2n) is 5.86. The predicted molar refractivity (Wildman–Crippen MR) is 76.4 cm³/mol. The van der Waals surface area contributed by atoms with Gasteiger partial charge in [0.2, 0.25) is 10.0 Å². The van der Waals surface area contributed by atoms with Gasteiger partial charge in [0.25, 0.3) is 0 Å². The molecule has 0 aromatic heterocycles. The molecule has 1 aromatic carbocycles. The van der Waals surface area contributed by atoms with E-state index in [1.165, 1.54) is 6.92 Å². The molecule has 0 aliphatic heterocycles. The van der Waals surface area contributed by atoms with E-state index in [0.717, 1.165) is 6.07 Å². The van der Waals surface area contributed by atoms with E-state index in [0.29, 0.717) is 18.9 Å². The molecule has 7 heteroatoms. The number of aliphatic hydroxyl groups is 1. The van der Waals surface area contributed by atoms with Crippen molar-refractivity contribution in [1.29, 1.82) is 0 Å². The zero-order valence-electron chi connectivity index (χ0n) is 12.4. The zero-order valence-corrected chi connectivity index (χ0v) is 13.2. The van der Waals surface area contributed by atoms with Crippen molar-refractivity contribution < 1.29 is 22.3 Å². The highest BCUT2D eigenvalue weighted by atomic mass is 32.2. The minimum atomic E-state index is -4.08. The molecule has 0 fully saturated rings. The van der Waals surface area contributed by atoms with Crippen molar-refractivity contribution >= 4 is 10.0 Å². The molecule has 0 saturated carbocycles. The van der Waals surface area contributed by atoms with E-state index in [4.69, 9.17) is 5.11 Å². The molecule has 0 unspecified atom stereocenters. The number of sulfonamides is 1. The van der Waals surface area contributed by atoms with E-state index in [2.05, 4.69) is 4.72 Å². The molecule has 0 amide bonds. The van der Waals surface area contributed by atoms with Crippen molar-refractivity contribution in [2.24, 2.45) is 5.41 Å². The Hall–Kier alpha value is -1.05. The van der Waals surface area contributed by atoms with Gasteiger partial charge in [-0.3, -0.25) is 0 Å². The fourth-order valence-electron chi connectivity index (χ4n) is 1.76. The first kappa shape index (κ1) is 18.0. The highest BCUT2D eigenvalue weighted by molar-refractivity contribution is 7.89. The lowest BCUT2D eigenvalue weighted by Crippen LogP contribution is -2.27. The van der Waals surface area contributed by atoms with Gasteiger partial charge in [-0.1, -0.05) is 13.8 Å². The van der Waals surface area contributed by atoms with Crippen molar-refractivity contribution in [3.8, 4) is 0 Å². The third-order valence-corrected chi connectivity index (χ3v) is 4.73. The Kier molecular flexibility index (Phi) is 5.83. The molecule has 21 heavy (non-hydrogen) atoms. The van der Waals surface area contributed by atoms with Crippen LogP contribution in [-0.4, -0.2) is 26.7 Å². The molecule has 2 N–H and O–H groups in total. The fourth-order valence-corrected chi connectivity index (χ4v) is 2.91. The quantitative estimate of drug-likeness (QED) is 0.758. The number of aliphatic hydroxyl groups excluding tert-OH is 1. The largest absolute Gasteiger partial charge is 0.396 e. The molecule has 1 aromatic rings. The first-order chi connectivity index (χ1) is 9.59. The van der Waals surface area contributed by atoms with Gasteiger partial charge in [-0.25, -0.2) is 21.9 Å². The summed E-state index contributed by atoms with van der Waals surface area (Å²) in [5.74, 6) is -1.74. The van der Waals surface area contributed by atoms with Crippen molar-refractivity contribution in [2.75, 3.05) is 13.2 Å². The lowest BCUT2D eigenvalue weighted by molar-refractivity contribution is 0.148. The van der Waals surface area contributed by atoms with E-state index in [1.807, 2.05) is 13.8 Å². The van der Waals surface area contributed by atoms with E-state index >= 15 is 0 Å². The minimum absolute atomic E-state index is 0.00243. The Morgan fingerprint density at radius 3 is 2.43 bits per heavy atom. The number of nitrogens with one attached hydrogen (secondary N) is 1. The van der Waals surface area contributed by atoms with Crippen LogP contribution in [0.2, 0.25) is 0 Å². The van der Waals surface area contributed by atoms with Crippen LogP contribution in [0.1, 0.15) is 32.3 Å². The van der Waals surface area contributed by atoms with Gasteiger partial charge < -0.3 is 5.11 Å². The first-order valence-corrected chi connectivity index (χ1v) is 8.13. The molecule has 0 saturated heterocycles. The Labute approximate surface area is 124 Å². The summed E-state index contributed by atoms with van der Waals surface area (Å²) >= 11 is 0. The molecular formula is C14H21F2NO3S. The lowest BCUT2D eigenvalue weighted by Gasteiger charge is -2.21. The van der Waals surface area contributed by atoms with Crippen molar-refractivity contribution in [3.63, 3.8) is 0 Å². The van der Waals surface area contributed by atoms with Crippen molar-refractivity contribution in [2.45, 2.75) is 38.5 Å². The lowest BCUT2D eigenvalue weighted by atomic mass is 9.89. The summed E-state index contributed by atoms with van der Waals surface area (Å²) in [6.45, 7) is 5.17. The molecule has 0 aliphatic carbocycles. The number of benzene rings is 1. The van der Waals surface area contributed by atoms with Crippen LogP contribution in [0.3, 0.4) is 0 Å². The summed E-state index contributed by atoms with van der Waals surface area (Å²) in [6.07, 6.45) is 1.10. The maximum atomic E-state index is 13.7. The molecule has 0 atom stereocenters. The molecule has 4 nitrogen and oxygen atoms in total. The third kappa shape index (κ3) is 5.01. The average molecular weight is 321 g/mol.